The van der Waals surface area contributed by atoms with Crippen molar-refractivity contribution in [1.82, 2.24) is 5.32 Å². The number of halogens is 2. The summed E-state index contributed by atoms with van der Waals surface area (Å²) in [4.78, 5) is 11.0. The van der Waals surface area contributed by atoms with Crippen LogP contribution in [0, 0.1) is 0 Å². The molecule has 1 N–H and O–H groups in total. The van der Waals surface area contributed by atoms with Gasteiger partial charge in [-0.2, -0.15) is 0 Å². The molecule has 1 aromatic carbocycles. The lowest BCUT2D eigenvalue weighted by Gasteiger charge is -2.15. The molecule has 1 unspecified atom stereocenters. The van der Waals surface area contributed by atoms with Crippen molar-refractivity contribution in [3.05, 3.63) is 33.8 Å². The SMILES string of the molecule is CC.CCC(CCc1ccc(Cl)c(Cl)c1)NC(C)=O. The summed E-state index contributed by atoms with van der Waals surface area (Å²) in [6.45, 7) is 7.61. The smallest absolute Gasteiger partial charge is 0.217 e. The molecule has 2 nitrogen and oxygen atoms in total. The molecule has 1 rings (SSSR count). The first-order chi connectivity index (χ1) is 9.02. The van der Waals surface area contributed by atoms with Crippen molar-refractivity contribution in [3.8, 4) is 0 Å². The van der Waals surface area contributed by atoms with E-state index in [4.69, 9.17) is 23.2 Å². The zero-order valence-corrected chi connectivity index (χ0v) is 13.6. The molecule has 4 heteroatoms. The summed E-state index contributed by atoms with van der Waals surface area (Å²) in [7, 11) is 0. The van der Waals surface area contributed by atoms with Crippen molar-refractivity contribution in [2.75, 3.05) is 0 Å². The Balaban J connectivity index is 0.00000154. The van der Waals surface area contributed by atoms with Gasteiger partial charge in [0.25, 0.3) is 0 Å². The van der Waals surface area contributed by atoms with Gasteiger partial charge in [-0.15, -0.1) is 0 Å². The molecule has 0 heterocycles. The number of aryl methyl sites for hydroxylation is 1. The van der Waals surface area contributed by atoms with Crippen LogP contribution in [0.4, 0.5) is 0 Å². The third-order valence-electron chi connectivity index (χ3n) is 2.67. The van der Waals surface area contributed by atoms with Crippen LogP contribution < -0.4 is 5.32 Å². The van der Waals surface area contributed by atoms with Crippen LogP contribution >= 0.6 is 23.2 Å². The number of carbonyl (C=O) groups excluding carboxylic acids is 1. The van der Waals surface area contributed by atoms with Crippen LogP contribution in [0.25, 0.3) is 0 Å². The summed E-state index contributed by atoms with van der Waals surface area (Å²) in [6.07, 6.45) is 2.73. The van der Waals surface area contributed by atoms with Gasteiger partial charge in [-0.1, -0.05) is 50.0 Å². The van der Waals surface area contributed by atoms with E-state index in [9.17, 15) is 4.79 Å². The first-order valence-corrected chi connectivity index (χ1v) is 7.49. The van der Waals surface area contributed by atoms with Crippen molar-refractivity contribution >= 4 is 29.1 Å². The molecule has 1 amide bonds. The lowest BCUT2D eigenvalue weighted by molar-refractivity contribution is -0.119. The maximum absolute atomic E-state index is 11.0. The Hall–Kier alpha value is -0.730. The average molecular weight is 304 g/mol. The fraction of sp³-hybridized carbons (Fsp3) is 0.533. The standard InChI is InChI=1S/C13H17Cl2NO.C2H6/c1-3-11(16-9(2)17)6-4-10-5-7-12(14)13(15)8-10;1-2/h5,7-8,11H,3-4,6H2,1-2H3,(H,16,17);1-2H3. The summed E-state index contributed by atoms with van der Waals surface area (Å²) < 4.78 is 0. The van der Waals surface area contributed by atoms with E-state index >= 15 is 0 Å². The van der Waals surface area contributed by atoms with Crippen LogP contribution in [0.15, 0.2) is 18.2 Å². The number of nitrogens with one attached hydrogen (secondary N) is 1. The molecule has 0 fully saturated rings. The molecule has 1 aromatic rings. The predicted molar refractivity (Wildman–Crippen MR) is 84.0 cm³/mol. The molecule has 0 radical (unpaired) electrons. The second-order valence-electron chi connectivity index (χ2n) is 4.09. The highest BCUT2D eigenvalue weighted by molar-refractivity contribution is 6.42. The summed E-state index contributed by atoms with van der Waals surface area (Å²) in [5, 5.41) is 4.08. The van der Waals surface area contributed by atoms with E-state index in [1.165, 1.54) is 0 Å². The van der Waals surface area contributed by atoms with Gasteiger partial charge in [0.05, 0.1) is 10.0 Å². The zero-order valence-electron chi connectivity index (χ0n) is 12.1. The van der Waals surface area contributed by atoms with Gasteiger partial charge >= 0.3 is 0 Å². The molecule has 0 aromatic heterocycles. The fourth-order valence-electron chi connectivity index (χ4n) is 1.70. The molecule has 0 spiro atoms. The third-order valence-corrected chi connectivity index (χ3v) is 3.40. The van der Waals surface area contributed by atoms with Crippen LogP contribution in [-0.4, -0.2) is 11.9 Å². The Bertz CT molecular complexity index is 394. The predicted octanol–water partition coefficient (Wildman–Crippen LogP) is 4.87. The van der Waals surface area contributed by atoms with E-state index in [2.05, 4.69) is 12.2 Å². The molecule has 0 bridgehead atoms. The van der Waals surface area contributed by atoms with Crippen molar-refractivity contribution in [2.24, 2.45) is 0 Å². The van der Waals surface area contributed by atoms with Crippen molar-refractivity contribution in [1.29, 1.82) is 0 Å². The lowest BCUT2D eigenvalue weighted by atomic mass is 10.0. The van der Waals surface area contributed by atoms with E-state index in [0.29, 0.717) is 10.0 Å². The summed E-state index contributed by atoms with van der Waals surface area (Å²) >= 11 is 11.8. The van der Waals surface area contributed by atoms with Crippen molar-refractivity contribution in [2.45, 2.75) is 53.0 Å². The first kappa shape index (κ1) is 18.3. The van der Waals surface area contributed by atoms with E-state index in [1.807, 2.05) is 26.0 Å². The lowest BCUT2D eigenvalue weighted by Crippen LogP contribution is -2.32. The van der Waals surface area contributed by atoms with Gasteiger partial charge in [0.1, 0.15) is 0 Å². The number of hydrogen-bond donors (Lipinski definition) is 1. The van der Waals surface area contributed by atoms with E-state index in [0.717, 1.165) is 24.8 Å². The third kappa shape index (κ3) is 7.44. The van der Waals surface area contributed by atoms with Gasteiger partial charge in [-0.05, 0) is 37.0 Å². The van der Waals surface area contributed by atoms with Crippen LogP contribution in [-0.2, 0) is 11.2 Å². The van der Waals surface area contributed by atoms with Crippen LogP contribution in [0.3, 0.4) is 0 Å². The Morgan fingerprint density at radius 2 is 1.89 bits per heavy atom. The molecule has 0 saturated heterocycles. The minimum absolute atomic E-state index is 0.0194. The van der Waals surface area contributed by atoms with Crippen LogP contribution in [0.1, 0.15) is 46.1 Å². The molecule has 19 heavy (non-hydrogen) atoms. The highest BCUT2D eigenvalue weighted by Crippen LogP contribution is 2.23. The topological polar surface area (TPSA) is 29.1 Å². The fourth-order valence-corrected chi connectivity index (χ4v) is 2.02. The number of rotatable bonds is 5. The highest BCUT2D eigenvalue weighted by atomic mass is 35.5. The molecular formula is C15H23Cl2NO. The van der Waals surface area contributed by atoms with Crippen molar-refractivity contribution in [3.63, 3.8) is 0 Å². The molecule has 108 valence electrons. The van der Waals surface area contributed by atoms with Gasteiger partial charge < -0.3 is 5.32 Å². The Labute approximate surface area is 126 Å². The van der Waals surface area contributed by atoms with Gasteiger partial charge in [-0.3, -0.25) is 4.79 Å². The molecule has 0 aliphatic rings. The molecule has 0 aliphatic heterocycles. The number of amides is 1. The largest absolute Gasteiger partial charge is 0.354 e. The van der Waals surface area contributed by atoms with Crippen LogP contribution in [0.2, 0.25) is 10.0 Å². The number of carbonyl (C=O) groups is 1. The maximum Gasteiger partial charge on any atom is 0.217 e. The summed E-state index contributed by atoms with van der Waals surface area (Å²) in [5.41, 5.74) is 1.14. The Morgan fingerprint density at radius 1 is 1.26 bits per heavy atom. The molecular weight excluding hydrogens is 281 g/mol. The monoisotopic (exact) mass is 303 g/mol. The van der Waals surface area contributed by atoms with Gasteiger partial charge in [0, 0.05) is 13.0 Å². The second-order valence-corrected chi connectivity index (χ2v) is 4.91. The van der Waals surface area contributed by atoms with Gasteiger partial charge in [0.15, 0.2) is 0 Å². The first-order valence-electron chi connectivity index (χ1n) is 6.74. The van der Waals surface area contributed by atoms with Gasteiger partial charge in [-0.25, -0.2) is 0 Å². The molecule has 1 atom stereocenters. The van der Waals surface area contributed by atoms with Gasteiger partial charge in [0.2, 0.25) is 5.91 Å². The second kappa shape index (κ2) is 10.1. The van der Waals surface area contributed by atoms with E-state index in [1.54, 1.807) is 13.0 Å². The average Bonchev–Trinajstić information content (AvgIpc) is 2.40. The summed E-state index contributed by atoms with van der Waals surface area (Å²) in [6, 6.07) is 5.87. The zero-order chi connectivity index (χ0) is 14.8. The van der Waals surface area contributed by atoms with Crippen molar-refractivity contribution < 1.29 is 4.79 Å². The number of hydrogen-bond acceptors (Lipinski definition) is 1. The Morgan fingerprint density at radius 3 is 2.37 bits per heavy atom. The minimum atomic E-state index is 0.0194. The normalized spacial score (nSPS) is 11.3. The highest BCUT2D eigenvalue weighted by Gasteiger charge is 2.08. The summed E-state index contributed by atoms with van der Waals surface area (Å²) in [5.74, 6) is 0.0194. The van der Waals surface area contributed by atoms with E-state index < -0.39 is 0 Å². The van der Waals surface area contributed by atoms with Crippen LogP contribution in [0.5, 0.6) is 0 Å². The number of benzene rings is 1. The Kier molecular flexibility index (Phi) is 9.72. The minimum Gasteiger partial charge on any atom is -0.354 e. The van der Waals surface area contributed by atoms with E-state index in [-0.39, 0.29) is 11.9 Å². The quantitative estimate of drug-likeness (QED) is 0.826. The maximum atomic E-state index is 11.0. The molecule has 0 aliphatic carbocycles. The molecule has 0 saturated carbocycles.